The Kier molecular flexibility index (Phi) is 5.87. The maximum atomic E-state index is 5.71. The van der Waals surface area contributed by atoms with Gasteiger partial charge in [0, 0.05) is 28.9 Å². The minimum atomic E-state index is 0.186. The van der Waals surface area contributed by atoms with Gasteiger partial charge in [-0.3, -0.25) is 0 Å². The van der Waals surface area contributed by atoms with Gasteiger partial charge in [-0.1, -0.05) is 0 Å². The first-order valence-electron chi connectivity index (χ1n) is 4.50. The average molecular weight is 352 g/mol. The van der Waals surface area contributed by atoms with E-state index in [1.54, 1.807) is 11.3 Å². The van der Waals surface area contributed by atoms with Gasteiger partial charge in [-0.25, -0.2) is 0 Å². The zero-order valence-electron chi connectivity index (χ0n) is 8.09. The Morgan fingerprint density at radius 2 is 2.33 bits per heavy atom. The van der Waals surface area contributed by atoms with Crippen molar-refractivity contribution in [2.45, 2.75) is 12.5 Å². The fraction of sp³-hybridized carbons (Fsp3) is 0.400. The summed E-state index contributed by atoms with van der Waals surface area (Å²) in [7, 11) is 0. The van der Waals surface area contributed by atoms with Crippen molar-refractivity contribution in [1.29, 1.82) is 0 Å². The van der Waals surface area contributed by atoms with Crippen molar-refractivity contribution in [3.63, 3.8) is 0 Å². The van der Waals surface area contributed by atoms with Crippen LogP contribution in [-0.2, 0) is 0 Å². The second-order valence-electron chi connectivity index (χ2n) is 2.97. The van der Waals surface area contributed by atoms with Crippen molar-refractivity contribution in [2.75, 3.05) is 13.1 Å². The fourth-order valence-electron chi connectivity index (χ4n) is 1.15. The molecule has 0 saturated heterocycles. The maximum absolute atomic E-state index is 5.71. The summed E-state index contributed by atoms with van der Waals surface area (Å²) in [6, 6.07) is 2.26. The first-order chi connectivity index (χ1) is 7.19. The van der Waals surface area contributed by atoms with Crippen LogP contribution in [0.15, 0.2) is 14.3 Å². The summed E-state index contributed by atoms with van der Waals surface area (Å²) in [4.78, 5) is 1.22. The van der Waals surface area contributed by atoms with E-state index in [1.165, 1.54) is 4.88 Å². The third-order valence-electron chi connectivity index (χ3n) is 1.90. The van der Waals surface area contributed by atoms with E-state index >= 15 is 0 Å². The molecule has 1 rings (SSSR count). The molecular formula is C10H12Br2N2S. The molecule has 1 aromatic rings. The summed E-state index contributed by atoms with van der Waals surface area (Å²) in [6.45, 7) is 1.37. The van der Waals surface area contributed by atoms with Crippen LogP contribution >= 0.6 is 43.2 Å². The smallest absolute Gasteiger partial charge is 0.0843 e. The molecule has 2 nitrogen and oxygen atoms in total. The quantitative estimate of drug-likeness (QED) is 0.632. The molecule has 0 amide bonds. The molecule has 1 unspecified atom stereocenters. The zero-order valence-corrected chi connectivity index (χ0v) is 12.1. The summed E-state index contributed by atoms with van der Waals surface area (Å²) < 4.78 is 2.16. The van der Waals surface area contributed by atoms with Crippen LogP contribution in [0, 0.1) is 12.3 Å². The van der Waals surface area contributed by atoms with Gasteiger partial charge in [0.15, 0.2) is 0 Å². The molecule has 1 aromatic heterocycles. The van der Waals surface area contributed by atoms with Crippen molar-refractivity contribution >= 4 is 43.2 Å². The largest absolute Gasteiger partial charge is 0.329 e. The third-order valence-corrected chi connectivity index (χ3v) is 5.27. The van der Waals surface area contributed by atoms with E-state index in [0.29, 0.717) is 6.54 Å². The molecule has 5 heteroatoms. The van der Waals surface area contributed by atoms with Crippen LogP contribution in [0.2, 0.25) is 0 Å². The number of hydrogen-bond acceptors (Lipinski definition) is 3. The Morgan fingerprint density at radius 3 is 2.80 bits per heavy atom. The molecule has 0 bridgehead atoms. The Hall–Kier alpha value is 0.140. The van der Waals surface area contributed by atoms with Crippen LogP contribution in [0.3, 0.4) is 0 Å². The number of rotatable bonds is 5. The first kappa shape index (κ1) is 13.2. The number of nitrogens with two attached hydrogens (primary N) is 1. The van der Waals surface area contributed by atoms with Crippen LogP contribution in [0.4, 0.5) is 0 Å². The lowest BCUT2D eigenvalue weighted by molar-refractivity contribution is 0.558. The molecule has 0 aliphatic heterocycles. The molecule has 82 valence electrons. The molecular weight excluding hydrogens is 340 g/mol. The van der Waals surface area contributed by atoms with Crippen LogP contribution in [0.25, 0.3) is 0 Å². The van der Waals surface area contributed by atoms with E-state index < -0.39 is 0 Å². The highest BCUT2D eigenvalue weighted by molar-refractivity contribution is 9.13. The minimum absolute atomic E-state index is 0.186. The molecule has 0 aliphatic carbocycles. The van der Waals surface area contributed by atoms with Crippen molar-refractivity contribution in [2.24, 2.45) is 5.73 Å². The van der Waals surface area contributed by atoms with Crippen LogP contribution in [-0.4, -0.2) is 13.1 Å². The van der Waals surface area contributed by atoms with Crippen molar-refractivity contribution in [3.8, 4) is 12.3 Å². The second-order valence-corrected chi connectivity index (χ2v) is 6.22. The number of thiophene rings is 1. The number of halogens is 2. The van der Waals surface area contributed by atoms with Crippen molar-refractivity contribution < 1.29 is 0 Å². The monoisotopic (exact) mass is 350 g/mol. The lowest BCUT2D eigenvalue weighted by Crippen LogP contribution is -2.28. The molecule has 0 spiro atoms. The van der Waals surface area contributed by atoms with Gasteiger partial charge in [-0.15, -0.1) is 23.7 Å². The first-order valence-corrected chi connectivity index (χ1v) is 6.91. The van der Waals surface area contributed by atoms with Gasteiger partial charge in [-0.2, -0.15) is 0 Å². The Balaban J connectivity index is 2.62. The molecule has 0 saturated carbocycles. The molecule has 0 radical (unpaired) electrons. The van der Waals surface area contributed by atoms with Gasteiger partial charge >= 0.3 is 0 Å². The Morgan fingerprint density at radius 1 is 1.60 bits per heavy atom. The minimum Gasteiger partial charge on any atom is -0.329 e. The number of nitrogens with one attached hydrogen (secondary N) is 1. The molecule has 3 N–H and O–H groups in total. The molecule has 1 atom stereocenters. The molecule has 0 fully saturated rings. The fourth-order valence-corrected chi connectivity index (χ4v) is 3.33. The summed E-state index contributed by atoms with van der Waals surface area (Å²) >= 11 is 8.60. The van der Waals surface area contributed by atoms with Crippen LogP contribution < -0.4 is 11.1 Å². The topological polar surface area (TPSA) is 38.0 Å². The van der Waals surface area contributed by atoms with Crippen LogP contribution in [0.5, 0.6) is 0 Å². The van der Waals surface area contributed by atoms with Gasteiger partial charge in [0.2, 0.25) is 0 Å². The Labute approximate surface area is 111 Å². The SMILES string of the molecule is C#CCCNC(CN)c1cc(Br)c(Br)s1. The summed E-state index contributed by atoms with van der Waals surface area (Å²) in [6.07, 6.45) is 5.92. The average Bonchev–Trinajstić information content (AvgIpc) is 2.54. The number of hydrogen-bond donors (Lipinski definition) is 2. The zero-order chi connectivity index (χ0) is 11.3. The van der Waals surface area contributed by atoms with Gasteiger partial charge < -0.3 is 11.1 Å². The van der Waals surface area contributed by atoms with E-state index in [1.807, 2.05) is 0 Å². The standard InChI is InChI=1S/C10H12Br2N2S/c1-2-3-4-14-8(6-13)9-5-7(11)10(12)15-9/h1,5,8,14H,3-4,6,13H2. The lowest BCUT2D eigenvalue weighted by atomic mass is 10.2. The van der Waals surface area contributed by atoms with Gasteiger partial charge in [-0.05, 0) is 37.9 Å². The highest BCUT2D eigenvalue weighted by Gasteiger charge is 2.13. The van der Waals surface area contributed by atoms with E-state index in [9.17, 15) is 0 Å². The van der Waals surface area contributed by atoms with E-state index in [4.69, 9.17) is 12.2 Å². The lowest BCUT2D eigenvalue weighted by Gasteiger charge is -2.13. The highest BCUT2D eigenvalue weighted by Crippen LogP contribution is 2.35. The Bertz CT molecular complexity index is 337. The van der Waals surface area contributed by atoms with Gasteiger partial charge in [0.05, 0.1) is 9.83 Å². The molecule has 1 heterocycles. The van der Waals surface area contributed by atoms with E-state index in [0.717, 1.165) is 21.2 Å². The van der Waals surface area contributed by atoms with Gasteiger partial charge in [0.1, 0.15) is 0 Å². The summed E-state index contributed by atoms with van der Waals surface area (Å²) in [5, 5.41) is 3.33. The predicted octanol–water partition coefficient (Wildman–Crippen LogP) is 2.89. The highest BCUT2D eigenvalue weighted by atomic mass is 79.9. The summed E-state index contributed by atoms with van der Waals surface area (Å²) in [5.41, 5.74) is 5.71. The van der Waals surface area contributed by atoms with Crippen molar-refractivity contribution in [3.05, 3.63) is 19.2 Å². The summed E-state index contributed by atoms with van der Waals surface area (Å²) in [5.74, 6) is 2.60. The van der Waals surface area contributed by atoms with Gasteiger partial charge in [0.25, 0.3) is 0 Å². The van der Waals surface area contributed by atoms with Crippen LogP contribution in [0.1, 0.15) is 17.3 Å². The molecule has 15 heavy (non-hydrogen) atoms. The van der Waals surface area contributed by atoms with Crippen molar-refractivity contribution in [1.82, 2.24) is 5.32 Å². The maximum Gasteiger partial charge on any atom is 0.0843 e. The van der Waals surface area contributed by atoms with E-state index in [2.05, 4.69) is 49.2 Å². The number of terminal acetylenes is 1. The molecule has 0 aliphatic rings. The van der Waals surface area contributed by atoms with E-state index in [-0.39, 0.29) is 6.04 Å². The predicted molar refractivity (Wildman–Crippen MR) is 73.0 cm³/mol. The second kappa shape index (κ2) is 6.66. The molecule has 0 aromatic carbocycles. The normalized spacial score (nSPS) is 12.4. The third kappa shape index (κ3) is 3.89.